The van der Waals surface area contributed by atoms with E-state index in [-0.39, 0.29) is 22.9 Å². The van der Waals surface area contributed by atoms with Gasteiger partial charge in [0, 0.05) is 17.7 Å². The molecule has 0 unspecified atom stereocenters. The number of benzene rings is 2. The normalized spacial score (nSPS) is 10.5. The molecule has 0 aliphatic rings. The van der Waals surface area contributed by atoms with Crippen molar-refractivity contribution in [1.29, 1.82) is 0 Å². The zero-order valence-corrected chi connectivity index (χ0v) is 14.2. The van der Waals surface area contributed by atoms with Crippen LogP contribution in [0, 0.1) is 15.9 Å². The molecule has 4 nitrogen and oxygen atoms in total. The van der Waals surface area contributed by atoms with Crippen molar-refractivity contribution in [2.45, 2.75) is 5.88 Å². The number of rotatable bonds is 4. The molecule has 0 spiro atoms. The molecule has 8 heteroatoms. The first kappa shape index (κ1) is 16.2. The molecule has 0 saturated carbocycles. The van der Waals surface area contributed by atoms with Crippen LogP contribution >= 0.6 is 43.5 Å². The van der Waals surface area contributed by atoms with E-state index in [1.54, 1.807) is 6.07 Å². The Bertz CT molecular complexity index is 689. The highest BCUT2D eigenvalue weighted by Gasteiger charge is 2.17. The lowest BCUT2D eigenvalue weighted by molar-refractivity contribution is -0.385. The number of nitrogens with zero attached hydrogens (tertiary/aromatic N) is 1. The Kier molecular flexibility index (Phi) is 5.18. The molecule has 0 saturated heterocycles. The Morgan fingerprint density at radius 2 is 1.90 bits per heavy atom. The second-order valence-electron chi connectivity index (χ2n) is 3.95. The quantitative estimate of drug-likeness (QED) is 0.344. The van der Waals surface area contributed by atoms with Gasteiger partial charge in [0.2, 0.25) is 0 Å². The average molecular weight is 439 g/mol. The number of hydrogen-bond donors (Lipinski definition) is 0. The summed E-state index contributed by atoms with van der Waals surface area (Å²) >= 11 is 12.1. The van der Waals surface area contributed by atoms with Gasteiger partial charge >= 0.3 is 0 Å². The zero-order chi connectivity index (χ0) is 15.6. The summed E-state index contributed by atoms with van der Waals surface area (Å²) in [6, 6.07) is 6.96. The molecule has 0 bridgehead atoms. The molecular formula is C13H7Br2ClFNO3. The molecule has 0 amide bonds. The Labute approximate surface area is 141 Å². The molecule has 110 valence electrons. The van der Waals surface area contributed by atoms with E-state index < -0.39 is 10.7 Å². The number of non-ortho nitro benzene ring substituents is 1. The molecule has 0 radical (unpaired) electrons. The SMILES string of the molecule is O=[N+]([O-])c1cc(Br)c(Oc2cccc(F)c2CCl)c(Br)c1. The van der Waals surface area contributed by atoms with Crippen molar-refractivity contribution in [2.24, 2.45) is 0 Å². The maximum atomic E-state index is 13.6. The van der Waals surface area contributed by atoms with Gasteiger partial charge in [0.05, 0.1) is 19.7 Å². The van der Waals surface area contributed by atoms with Gasteiger partial charge in [-0.1, -0.05) is 6.07 Å². The fraction of sp³-hybridized carbons (Fsp3) is 0.0769. The Morgan fingerprint density at radius 3 is 2.43 bits per heavy atom. The van der Waals surface area contributed by atoms with Gasteiger partial charge in [0.25, 0.3) is 5.69 Å². The van der Waals surface area contributed by atoms with Gasteiger partial charge in [-0.15, -0.1) is 11.6 Å². The van der Waals surface area contributed by atoms with Crippen molar-refractivity contribution in [2.75, 3.05) is 0 Å². The molecule has 2 aromatic rings. The first-order valence-corrected chi connectivity index (χ1v) is 7.70. The van der Waals surface area contributed by atoms with E-state index in [4.69, 9.17) is 16.3 Å². The molecule has 0 heterocycles. The van der Waals surface area contributed by atoms with Crippen molar-refractivity contribution in [3.05, 3.63) is 60.8 Å². The van der Waals surface area contributed by atoms with E-state index in [0.29, 0.717) is 14.7 Å². The minimum atomic E-state index is -0.522. The summed E-state index contributed by atoms with van der Waals surface area (Å²) in [5, 5.41) is 10.8. The molecule has 21 heavy (non-hydrogen) atoms. The van der Waals surface area contributed by atoms with Gasteiger partial charge in [0.1, 0.15) is 11.6 Å². The number of ether oxygens (including phenoxy) is 1. The largest absolute Gasteiger partial charge is 0.455 e. The number of hydrogen-bond acceptors (Lipinski definition) is 3. The Morgan fingerprint density at radius 1 is 1.29 bits per heavy atom. The fourth-order valence-corrected chi connectivity index (χ4v) is 3.21. The second-order valence-corrected chi connectivity index (χ2v) is 5.92. The monoisotopic (exact) mass is 437 g/mol. The van der Waals surface area contributed by atoms with Crippen LogP contribution < -0.4 is 4.74 Å². The van der Waals surface area contributed by atoms with Crippen molar-refractivity contribution < 1.29 is 14.1 Å². The predicted octanol–water partition coefficient (Wildman–Crippen LogP) is 5.79. The summed E-state index contributed by atoms with van der Waals surface area (Å²) in [4.78, 5) is 10.3. The van der Waals surface area contributed by atoms with Crippen LogP contribution in [0.3, 0.4) is 0 Å². The number of halogens is 4. The minimum absolute atomic E-state index is 0.0514. The summed E-state index contributed by atoms with van der Waals surface area (Å²) < 4.78 is 20.0. The van der Waals surface area contributed by atoms with Crippen LogP contribution in [-0.4, -0.2) is 4.92 Å². The van der Waals surface area contributed by atoms with E-state index >= 15 is 0 Å². The number of nitro benzene ring substituents is 1. The highest BCUT2D eigenvalue weighted by molar-refractivity contribution is 9.11. The smallest absolute Gasteiger partial charge is 0.271 e. The molecule has 2 rings (SSSR count). The lowest BCUT2D eigenvalue weighted by Gasteiger charge is -2.13. The van der Waals surface area contributed by atoms with Crippen LogP contribution in [0.1, 0.15) is 5.56 Å². The van der Waals surface area contributed by atoms with E-state index in [9.17, 15) is 14.5 Å². The summed E-state index contributed by atoms with van der Waals surface area (Å²) in [6.45, 7) is 0. The highest BCUT2D eigenvalue weighted by Crippen LogP contribution is 2.41. The summed E-state index contributed by atoms with van der Waals surface area (Å²) in [6.07, 6.45) is 0. The molecule has 2 aromatic carbocycles. The van der Waals surface area contributed by atoms with Crippen LogP contribution in [0.25, 0.3) is 0 Å². The molecule has 0 aliphatic carbocycles. The predicted molar refractivity (Wildman–Crippen MR) is 84.5 cm³/mol. The highest BCUT2D eigenvalue weighted by atomic mass is 79.9. The molecule has 0 N–H and O–H groups in total. The molecule has 0 fully saturated rings. The van der Waals surface area contributed by atoms with Gasteiger partial charge in [-0.2, -0.15) is 0 Å². The maximum Gasteiger partial charge on any atom is 0.271 e. The van der Waals surface area contributed by atoms with Crippen LogP contribution in [-0.2, 0) is 5.88 Å². The molecule has 0 aromatic heterocycles. The fourth-order valence-electron chi connectivity index (χ4n) is 1.62. The van der Waals surface area contributed by atoms with Gasteiger partial charge < -0.3 is 4.74 Å². The first-order valence-electron chi connectivity index (χ1n) is 5.58. The van der Waals surface area contributed by atoms with Crippen LogP contribution in [0.5, 0.6) is 11.5 Å². The summed E-state index contributed by atoms with van der Waals surface area (Å²) in [5.41, 5.74) is 0.120. The first-order chi connectivity index (χ1) is 9.93. The number of nitro groups is 1. The van der Waals surface area contributed by atoms with E-state index in [0.717, 1.165) is 0 Å². The molecule has 0 aliphatic heterocycles. The third kappa shape index (κ3) is 3.53. The lowest BCUT2D eigenvalue weighted by Crippen LogP contribution is -1.96. The second kappa shape index (κ2) is 6.72. The van der Waals surface area contributed by atoms with Crippen LogP contribution in [0.2, 0.25) is 0 Å². The van der Waals surface area contributed by atoms with Crippen molar-refractivity contribution >= 4 is 49.1 Å². The molecule has 0 atom stereocenters. The Hall–Kier alpha value is -1.18. The van der Waals surface area contributed by atoms with Crippen molar-refractivity contribution in [3.8, 4) is 11.5 Å². The topological polar surface area (TPSA) is 52.4 Å². The van der Waals surface area contributed by atoms with Crippen LogP contribution in [0.15, 0.2) is 39.3 Å². The summed E-state index contributed by atoms with van der Waals surface area (Å²) in [7, 11) is 0. The van der Waals surface area contributed by atoms with E-state index in [1.165, 1.54) is 24.3 Å². The third-order valence-corrected chi connectivity index (χ3v) is 4.06. The van der Waals surface area contributed by atoms with Crippen LogP contribution in [0.4, 0.5) is 10.1 Å². The lowest BCUT2D eigenvalue weighted by atomic mass is 10.2. The van der Waals surface area contributed by atoms with E-state index in [1.807, 2.05) is 0 Å². The van der Waals surface area contributed by atoms with Gasteiger partial charge in [-0.25, -0.2) is 4.39 Å². The average Bonchev–Trinajstić information content (AvgIpc) is 2.42. The van der Waals surface area contributed by atoms with Gasteiger partial charge in [-0.05, 0) is 44.0 Å². The standard InChI is InChI=1S/C13H7Br2ClFNO3/c14-9-4-7(18(19)20)5-10(15)13(9)21-12-3-1-2-11(17)8(12)6-16/h1-5H,6H2. The molecular weight excluding hydrogens is 432 g/mol. The van der Waals surface area contributed by atoms with E-state index in [2.05, 4.69) is 31.9 Å². The zero-order valence-electron chi connectivity index (χ0n) is 10.3. The Balaban J connectivity index is 2.45. The number of alkyl halides is 1. The van der Waals surface area contributed by atoms with Gasteiger partial charge in [0.15, 0.2) is 5.75 Å². The van der Waals surface area contributed by atoms with Crippen molar-refractivity contribution in [1.82, 2.24) is 0 Å². The third-order valence-electron chi connectivity index (χ3n) is 2.62. The van der Waals surface area contributed by atoms with Crippen molar-refractivity contribution in [3.63, 3.8) is 0 Å². The minimum Gasteiger partial charge on any atom is -0.455 e. The summed E-state index contributed by atoms with van der Waals surface area (Å²) in [5.74, 6) is 0.0269. The maximum absolute atomic E-state index is 13.6. The van der Waals surface area contributed by atoms with Gasteiger partial charge in [-0.3, -0.25) is 10.1 Å².